The van der Waals surface area contributed by atoms with Gasteiger partial charge >= 0.3 is 12.0 Å². The molecule has 21 heavy (non-hydrogen) atoms. The standard InChI is InChI=1S/C12H13BrClN3O4/c13-7-2-1-6(5-8(7)14)16-12(21)17-9(11(19)20)3-4-10(15)18/h1-2,5,9H,3-4H2,(H2,15,18)(H,19,20)(H2,16,17,21)/t9-/m1/s1. The number of carbonyl (C=O) groups excluding carboxylic acids is 2. The first-order valence-electron chi connectivity index (χ1n) is 5.83. The van der Waals surface area contributed by atoms with Gasteiger partial charge in [0.15, 0.2) is 0 Å². The SMILES string of the molecule is NC(=O)CC[C@@H](NC(=O)Nc1ccc(Br)c(Cl)c1)C(=O)O. The van der Waals surface area contributed by atoms with Crippen molar-refractivity contribution in [3.05, 3.63) is 27.7 Å². The molecule has 0 fully saturated rings. The van der Waals surface area contributed by atoms with E-state index in [0.29, 0.717) is 15.2 Å². The minimum Gasteiger partial charge on any atom is -0.480 e. The zero-order valence-corrected chi connectivity index (χ0v) is 13.1. The van der Waals surface area contributed by atoms with E-state index in [2.05, 4.69) is 26.6 Å². The topological polar surface area (TPSA) is 122 Å². The minimum absolute atomic E-state index is 0.0841. The number of aliphatic carboxylic acids is 1. The van der Waals surface area contributed by atoms with Crippen LogP contribution in [0.4, 0.5) is 10.5 Å². The summed E-state index contributed by atoms with van der Waals surface area (Å²) >= 11 is 9.08. The predicted molar refractivity (Wildman–Crippen MR) is 81.2 cm³/mol. The molecule has 1 aromatic carbocycles. The lowest BCUT2D eigenvalue weighted by Crippen LogP contribution is -2.43. The van der Waals surface area contributed by atoms with Gasteiger partial charge in [-0.15, -0.1) is 0 Å². The quantitative estimate of drug-likeness (QED) is 0.604. The molecule has 5 N–H and O–H groups in total. The van der Waals surface area contributed by atoms with Crippen molar-refractivity contribution < 1.29 is 19.5 Å². The average Bonchev–Trinajstić information content (AvgIpc) is 2.38. The Morgan fingerprint density at radius 1 is 1.38 bits per heavy atom. The summed E-state index contributed by atoms with van der Waals surface area (Å²) in [6.07, 6.45) is -0.222. The molecule has 7 nitrogen and oxygen atoms in total. The van der Waals surface area contributed by atoms with E-state index in [9.17, 15) is 14.4 Å². The number of carboxylic acids is 1. The first-order chi connectivity index (χ1) is 9.79. The number of nitrogens with one attached hydrogen (secondary N) is 2. The van der Waals surface area contributed by atoms with Crippen LogP contribution in [0, 0.1) is 0 Å². The number of urea groups is 1. The third-order valence-corrected chi connectivity index (χ3v) is 3.69. The van der Waals surface area contributed by atoms with Crippen molar-refractivity contribution in [2.45, 2.75) is 18.9 Å². The highest BCUT2D eigenvalue weighted by atomic mass is 79.9. The van der Waals surface area contributed by atoms with E-state index < -0.39 is 23.9 Å². The molecule has 0 aliphatic rings. The second-order valence-corrected chi connectivity index (χ2v) is 5.38. The fourth-order valence-corrected chi connectivity index (χ4v) is 1.87. The number of amides is 3. The monoisotopic (exact) mass is 377 g/mol. The summed E-state index contributed by atoms with van der Waals surface area (Å²) in [5, 5.41) is 14.0. The van der Waals surface area contributed by atoms with Crippen LogP contribution in [-0.4, -0.2) is 29.1 Å². The van der Waals surface area contributed by atoms with E-state index in [0.717, 1.165) is 0 Å². The molecule has 3 amide bonds. The van der Waals surface area contributed by atoms with Crippen LogP contribution < -0.4 is 16.4 Å². The van der Waals surface area contributed by atoms with Gasteiger partial charge in [0.2, 0.25) is 5.91 Å². The smallest absolute Gasteiger partial charge is 0.326 e. The van der Waals surface area contributed by atoms with E-state index in [-0.39, 0.29) is 12.8 Å². The summed E-state index contributed by atoms with van der Waals surface area (Å²) in [4.78, 5) is 33.3. The van der Waals surface area contributed by atoms with Gasteiger partial charge in [-0.05, 0) is 40.5 Å². The van der Waals surface area contributed by atoms with Gasteiger partial charge in [0.1, 0.15) is 6.04 Å². The summed E-state index contributed by atoms with van der Waals surface area (Å²) in [6, 6.07) is 2.81. The van der Waals surface area contributed by atoms with E-state index in [1.54, 1.807) is 12.1 Å². The van der Waals surface area contributed by atoms with Crippen molar-refractivity contribution in [1.29, 1.82) is 0 Å². The van der Waals surface area contributed by atoms with E-state index in [1.165, 1.54) is 6.07 Å². The maximum Gasteiger partial charge on any atom is 0.326 e. The Hall–Kier alpha value is -1.80. The van der Waals surface area contributed by atoms with E-state index in [4.69, 9.17) is 22.4 Å². The number of primary amides is 1. The van der Waals surface area contributed by atoms with Crippen LogP contribution in [0.1, 0.15) is 12.8 Å². The lowest BCUT2D eigenvalue weighted by Gasteiger charge is -2.14. The van der Waals surface area contributed by atoms with Crippen LogP contribution in [0.15, 0.2) is 22.7 Å². The molecule has 0 aliphatic carbocycles. The number of carbonyl (C=O) groups is 3. The normalized spacial score (nSPS) is 11.5. The van der Waals surface area contributed by atoms with Gasteiger partial charge < -0.3 is 21.5 Å². The molecule has 0 heterocycles. The van der Waals surface area contributed by atoms with Crippen molar-refractivity contribution in [1.82, 2.24) is 5.32 Å². The lowest BCUT2D eigenvalue weighted by atomic mass is 10.1. The summed E-state index contributed by atoms with van der Waals surface area (Å²) in [5.41, 5.74) is 5.35. The summed E-state index contributed by atoms with van der Waals surface area (Å²) in [5.74, 6) is -1.89. The molecule has 0 saturated heterocycles. The highest BCUT2D eigenvalue weighted by molar-refractivity contribution is 9.10. The average molecular weight is 379 g/mol. The first-order valence-corrected chi connectivity index (χ1v) is 7.00. The van der Waals surface area contributed by atoms with Gasteiger partial charge in [-0.2, -0.15) is 0 Å². The summed E-state index contributed by atoms with van der Waals surface area (Å²) in [7, 11) is 0. The van der Waals surface area contributed by atoms with Crippen molar-refractivity contribution in [2.75, 3.05) is 5.32 Å². The third-order valence-electron chi connectivity index (χ3n) is 2.46. The van der Waals surface area contributed by atoms with Crippen LogP contribution >= 0.6 is 27.5 Å². The van der Waals surface area contributed by atoms with Crippen LogP contribution in [0.25, 0.3) is 0 Å². The number of rotatable bonds is 6. The maximum atomic E-state index is 11.7. The lowest BCUT2D eigenvalue weighted by molar-refractivity contribution is -0.139. The van der Waals surface area contributed by atoms with Crippen LogP contribution in [0.5, 0.6) is 0 Å². The molecule has 0 radical (unpaired) electrons. The molecule has 0 aliphatic heterocycles. The van der Waals surface area contributed by atoms with Crippen molar-refractivity contribution in [2.24, 2.45) is 5.73 Å². The van der Waals surface area contributed by atoms with Gasteiger partial charge in [-0.25, -0.2) is 9.59 Å². The zero-order valence-electron chi connectivity index (χ0n) is 10.7. The van der Waals surface area contributed by atoms with Gasteiger partial charge in [0, 0.05) is 16.6 Å². The van der Waals surface area contributed by atoms with Crippen molar-refractivity contribution >= 4 is 51.1 Å². The highest BCUT2D eigenvalue weighted by Crippen LogP contribution is 2.25. The fraction of sp³-hybridized carbons (Fsp3) is 0.250. The van der Waals surface area contributed by atoms with Gasteiger partial charge in [-0.1, -0.05) is 11.6 Å². The Labute approximate surface area is 134 Å². The molecule has 1 rings (SSSR count). The number of benzene rings is 1. The number of hydrogen-bond donors (Lipinski definition) is 4. The van der Waals surface area contributed by atoms with Crippen molar-refractivity contribution in [3.8, 4) is 0 Å². The minimum atomic E-state index is -1.25. The number of nitrogens with two attached hydrogens (primary N) is 1. The molecule has 1 aromatic rings. The van der Waals surface area contributed by atoms with Crippen LogP contribution in [0.2, 0.25) is 5.02 Å². The molecular weight excluding hydrogens is 366 g/mol. The van der Waals surface area contributed by atoms with Gasteiger partial charge in [0.05, 0.1) is 5.02 Å². The molecule has 0 spiro atoms. The molecule has 0 aromatic heterocycles. The first kappa shape index (κ1) is 17.3. The van der Waals surface area contributed by atoms with Gasteiger partial charge in [-0.3, -0.25) is 4.79 Å². The second kappa shape index (κ2) is 7.84. The third kappa shape index (κ3) is 6.01. The number of halogens is 2. The molecular formula is C12H13BrClN3O4. The zero-order chi connectivity index (χ0) is 16.0. The second-order valence-electron chi connectivity index (χ2n) is 4.12. The van der Waals surface area contributed by atoms with Crippen LogP contribution in [-0.2, 0) is 9.59 Å². The van der Waals surface area contributed by atoms with Crippen molar-refractivity contribution in [3.63, 3.8) is 0 Å². The molecule has 0 saturated carbocycles. The number of carboxylic acid groups (broad SMARTS) is 1. The highest BCUT2D eigenvalue weighted by Gasteiger charge is 2.20. The molecule has 114 valence electrons. The van der Waals surface area contributed by atoms with Gasteiger partial charge in [0.25, 0.3) is 0 Å². The number of hydrogen-bond acceptors (Lipinski definition) is 3. The summed E-state index contributed by atoms with van der Waals surface area (Å²) < 4.78 is 0.667. The summed E-state index contributed by atoms with van der Waals surface area (Å²) in [6.45, 7) is 0. The molecule has 0 unspecified atom stereocenters. The van der Waals surface area contributed by atoms with E-state index in [1.807, 2.05) is 0 Å². The predicted octanol–water partition coefficient (Wildman–Crippen LogP) is 1.94. The van der Waals surface area contributed by atoms with E-state index >= 15 is 0 Å². The Kier molecular flexibility index (Phi) is 6.44. The largest absolute Gasteiger partial charge is 0.480 e. The fourth-order valence-electron chi connectivity index (χ4n) is 1.44. The Bertz CT molecular complexity index is 567. The van der Waals surface area contributed by atoms with Crippen LogP contribution in [0.3, 0.4) is 0 Å². The molecule has 0 bridgehead atoms. The molecule has 1 atom stereocenters. The Morgan fingerprint density at radius 3 is 2.57 bits per heavy atom. The maximum absolute atomic E-state index is 11.7. The Balaban J connectivity index is 2.62. The molecule has 9 heteroatoms. The number of anilines is 1. The Morgan fingerprint density at radius 2 is 2.05 bits per heavy atom.